The lowest BCUT2D eigenvalue weighted by Gasteiger charge is -2.00. The Morgan fingerprint density at radius 3 is 3.06 bits per heavy atom. The molecule has 0 aliphatic heterocycles. The number of hydrogen-bond donors (Lipinski definition) is 2. The molecule has 88 valence electrons. The van der Waals surface area contributed by atoms with Crippen LogP contribution in [0.15, 0.2) is 24.4 Å². The summed E-state index contributed by atoms with van der Waals surface area (Å²) in [6.45, 7) is 0. The maximum absolute atomic E-state index is 11.6. The largest absolute Gasteiger partial charge is 0.301 e. The molecule has 7 heteroatoms. The van der Waals surface area contributed by atoms with E-state index < -0.39 is 0 Å². The molecule has 0 spiro atoms. The first kappa shape index (κ1) is 11.9. The van der Waals surface area contributed by atoms with E-state index in [2.05, 4.69) is 20.5 Å². The predicted octanol–water partition coefficient (Wildman–Crippen LogP) is 2.17. The van der Waals surface area contributed by atoms with Crippen LogP contribution in [0, 0.1) is 3.95 Å². The number of anilines is 1. The Balaban J connectivity index is 1.84. The third kappa shape index (κ3) is 3.72. The summed E-state index contributed by atoms with van der Waals surface area (Å²) in [6, 6.07) is 5.64. The standard InChI is InChI=1S/C10H10N4OS2/c15-8(12-9-13-14-10(16)17-9)5-4-7-3-1-2-6-11-7/h1-3,6H,4-5H2,(H,14,16)(H,12,13,15). The fourth-order valence-electron chi connectivity index (χ4n) is 1.25. The third-order valence-corrected chi connectivity index (χ3v) is 3.02. The highest BCUT2D eigenvalue weighted by atomic mass is 32.1. The van der Waals surface area contributed by atoms with Crippen LogP contribution in [0.2, 0.25) is 0 Å². The van der Waals surface area contributed by atoms with Crippen molar-refractivity contribution in [1.82, 2.24) is 15.2 Å². The summed E-state index contributed by atoms with van der Waals surface area (Å²) in [5.74, 6) is -0.0894. The van der Waals surface area contributed by atoms with E-state index in [0.29, 0.717) is 21.9 Å². The van der Waals surface area contributed by atoms with Crippen LogP contribution in [0.5, 0.6) is 0 Å². The highest BCUT2D eigenvalue weighted by molar-refractivity contribution is 7.73. The second-order valence-corrected chi connectivity index (χ2v) is 4.95. The minimum absolute atomic E-state index is 0.0894. The topological polar surface area (TPSA) is 70.7 Å². The van der Waals surface area contributed by atoms with Gasteiger partial charge in [0.1, 0.15) is 0 Å². The summed E-state index contributed by atoms with van der Waals surface area (Å²) in [6.07, 6.45) is 2.71. The van der Waals surface area contributed by atoms with E-state index in [9.17, 15) is 4.79 Å². The van der Waals surface area contributed by atoms with Crippen LogP contribution in [-0.2, 0) is 11.2 Å². The Morgan fingerprint density at radius 2 is 2.41 bits per heavy atom. The molecule has 0 aromatic carbocycles. The molecular formula is C10H10N4OS2. The molecular weight excluding hydrogens is 256 g/mol. The number of nitrogens with zero attached hydrogens (tertiary/aromatic N) is 2. The van der Waals surface area contributed by atoms with E-state index in [4.69, 9.17) is 12.2 Å². The van der Waals surface area contributed by atoms with Gasteiger partial charge in [0.15, 0.2) is 3.95 Å². The molecule has 17 heavy (non-hydrogen) atoms. The molecule has 2 heterocycles. The molecule has 0 bridgehead atoms. The van der Waals surface area contributed by atoms with Gasteiger partial charge >= 0.3 is 0 Å². The van der Waals surface area contributed by atoms with Crippen molar-refractivity contribution in [2.75, 3.05) is 5.32 Å². The predicted molar refractivity (Wildman–Crippen MR) is 68.5 cm³/mol. The minimum atomic E-state index is -0.0894. The lowest BCUT2D eigenvalue weighted by Crippen LogP contribution is -2.12. The van der Waals surface area contributed by atoms with Gasteiger partial charge in [-0.3, -0.25) is 14.9 Å². The second-order valence-electron chi connectivity index (χ2n) is 3.29. The molecule has 0 saturated carbocycles. The number of aromatic nitrogens is 3. The van der Waals surface area contributed by atoms with Gasteiger partial charge < -0.3 is 5.32 Å². The number of amides is 1. The Labute approximate surface area is 107 Å². The zero-order valence-corrected chi connectivity index (χ0v) is 10.5. The zero-order chi connectivity index (χ0) is 12.1. The number of carbonyl (C=O) groups excluding carboxylic acids is 1. The van der Waals surface area contributed by atoms with Crippen molar-refractivity contribution < 1.29 is 4.79 Å². The molecule has 0 fully saturated rings. The van der Waals surface area contributed by atoms with Crippen molar-refractivity contribution in [1.29, 1.82) is 0 Å². The number of aryl methyl sites for hydroxylation is 1. The maximum Gasteiger partial charge on any atom is 0.226 e. The summed E-state index contributed by atoms with van der Waals surface area (Å²) in [7, 11) is 0. The van der Waals surface area contributed by atoms with E-state index in [-0.39, 0.29) is 5.91 Å². The summed E-state index contributed by atoms with van der Waals surface area (Å²) < 4.78 is 0.546. The molecule has 5 nitrogen and oxygen atoms in total. The normalized spacial score (nSPS) is 10.1. The molecule has 2 N–H and O–H groups in total. The Hall–Kier alpha value is -1.60. The third-order valence-electron chi connectivity index (χ3n) is 2.02. The van der Waals surface area contributed by atoms with Gasteiger partial charge in [-0.05, 0) is 30.8 Å². The maximum atomic E-state index is 11.6. The summed E-state index contributed by atoms with van der Waals surface area (Å²) in [5, 5.41) is 9.63. The number of H-pyrrole nitrogens is 1. The van der Waals surface area contributed by atoms with Crippen LogP contribution >= 0.6 is 23.6 Å². The van der Waals surface area contributed by atoms with Gasteiger partial charge in [-0.15, -0.1) is 5.10 Å². The highest BCUT2D eigenvalue weighted by Gasteiger charge is 2.05. The second kappa shape index (κ2) is 5.65. The van der Waals surface area contributed by atoms with Gasteiger partial charge in [0.05, 0.1) is 0 Å². The average Bonchev–Trinajstić information content (AvgIpc) is 2.73. The van der Waals surface area contributed by atoms with E-state index in [1.807, 2.05) is 18.2 Å². The van der Waals surface area contributed by atoms with Crippen molar-refractivity contribution in [3.8, 4) is 0 Å². The number of rotatable bonds is 4. The smallest absolute Gasteiger partial charge is 0.226 e. The first-order valence-electron chi connectivity index (χ1n) is 4.99. The van der Waals surface area contributed by atoms with Gasteiger partial charge in [0.25, 0.3) is 0 Å². The molecule has 2 rings (SSSR count). The lowest BCUT2D eigenvalue weighted by atomic mass is 10.2. The van der Waals surface area contributed by atoms with Gasteiger partial charge in [0, 0.05) is 18.3 Å². The summed E-state index contributed by atoms with van der Waals surface area (Å²) >= 11 is 6.10. The van der Waals surface area contributed by atoms with E-state index in [1.54, 1.807) is 6.20 Å². The first-order valence-corrected chi connectivity index (χ1v) is 6.22. The van der Waals surface area contributed by atoms with E-state index in [0.717, 1.165) is 5.69 Å². The van der Waals surface area contributed by atoms with Crippen LogP contribution < -0.4 is 5.32 Å². The fourth-order valence-corrected chi connectivity index (χ4v) is 2.06. The number of carbonyl (C=O) groups is 1. The van der Waals surface area contributed by atoms with Crippen LogP contribution in [0.25, 0.3) is 0 Å². The molecule has 2 aromatic rings. The molecule has 0 atom stereocenters. The minimum Gasteiger partial charge on any atom is -0.301 e. The average molecular weight is 266 g/mol. The van der Waals surface area contributed by atoms with Crippen molar-refractivity contribution in [3.05, 3.63) is 34.0 Å². The monoisotopic (exact) mass is 266 g/mol. The summed E-state index contributed by atoms with van der Waals surface area (Å²) in [5.41, 5.74) is 0.900. The lowest BCUT2D eigenvalue weighted by molar-refractivity contribution is -0.116. The van der Waals surface area contributed by atoms with E-state index >= 15 is 0 Å². The molecule has 0 radical (unpaired) electrons. The highest BCUT2D eigenvalue weighted by Crippen LogP contribution is 2.11. The van der Waals surface area contributed by atoms with Crippen LogP contribution in [0.4, 0.5) is 5.13 Å². The van der Waals surface area contributed by atoms with Crippen molar-refractivity contribution in [2.45, 2.75) is 12.8 Å². The molecule has 0 saturated heterocycles. The molecule has 0 aliphatic rings. The first-order chi connectivity index (χ1) is 8.24. The number of aromatic amines is 1. The molecule has 1 amide bonds. The number of pyridine rings is 1. The SMILES string of the molecule is O=C(CCc1ccccn1)Nc1n[nH]c(=S)s1. The van der Waals surface area contributed by atoms with Crippen LogP contribution in [0.1, 0.15) is 12.1 Å². The van der Waals surface area contributed by atoms with Crippen molar-refractivity contribution in [3.63, 3.8) is 0 Å². The molecule has 0 aliphatic carbocycles. The molecule has 0 unspecified atom stereocenters. The Morgan fingerprint density at radius 1 is 1.53 bits per heavy atom. The summed E-state index contributed by atoms with van der Waals surface area (Å²) in [4.78, 5) is 15.7. The quantitative estimate of drug-likeness (QED) is 0.832. The van der Waals surface area contributed by atoms with E-state index in [1.165, 1.54) is 11.3 Å². The Bertz CT molecular complexity index is 549. The van der Waals surface area contributed by atoms with Crippen molar-refractivity contribution in [2.24, 2.45) is 0 Å². The number of nitrogens with one attached hydrogen (secondary N) is 2. The zero-order valence-electron chi connectivity index (χ0n) is 8.84. The fraction of sp³-hybridized carbons (Fsp3) is 0.200. The Kier molecular flexibility index (Phi) is 3.94. The van der Waals surface area contributed by atoms with Gasteiger partial charge in [-0.1, -0.05) is 17.4 Å². The number of hydrogen-bond acceptors (Lipinski definition) is 5. The van der Waals surface area contributed by atoms with Crippen LogP contribution in [0.3, 0.4) is 0 Å². The van der Waals surface area contributed by atoms with Gasteiger partial charge in [0.2, 0.25) is 11.0 Å². The van der Waals surface area contributed by atoms with Crippen LogP contribution in [-0.4, -0.2) is 21.1 Å². The van der Waals surface area contributed by atoms with Crippen molar-refractivity contribution >= 4 is 34.6 Å². The van der Waals surface area contributed by atoms with Gasteiger partial charge in [-0.25, -0.2) is 0 Å². The van der Waals surface area contributed by atoms with Gasteiger partial charge in [-0.2, -0.15) is 0 Å². The molecule has 2 aromatic heterocycles.